The third-order valence-electron chi connectivity index (χ3n) is 6.61. The summed E-state index contributed by atoms with van der Waals surface area (Å²) in [6.45, 7) is 5.66. The molecule has 0 radical (unpaired) electrons. The topological polar surface area (TPSA) is 136 Å². The van der Waals surface area contributed by atoms with Crippen LogP contribution in [0.5, 0.6) is 11.5 Å². The number of Topliss-reactive ketones (excluding diaryl/α,β-unsaturated/α-hetero) is 1. The Morgan fingerprint density at radius 2 is 1.32 bits per heavy atom. The van der Waals surface area contributed by atoms with Gasteiger partial charge in [-0.15, -0.1) is 0 Å². The molecule has 0 heterocycles. The second-order valence-corrected chi connectivity index (χ2v) is 10.6. The number of alkyl carbamates (subject to hydrolysis) is 1. The van der Waals surface area contributed by atoms with E-state index in [4.69, 9.17) is 25.4 Å². The molecule has 0 aromatic heterocycles. The molecule has 9 heteroatoms. The lowest BCUT2D eigenvalue weighted by Gasteiger charge is -2.37. The van der Waals surface area contributed by atoms with E-state index >= 15 is 4.79 Å². The molecule has 0 unspecified atom stereocenters. The predicted molar refractivity (Wildman–Crippen MR) is 160 cm³/mol. The van der Waals surface area contributed by atoms with Gasteiger partial charge in [0.25, 0.3) is 0 Å². The first-order valence-electron chi connectivity index (χ1n) is 13.5. The molecule has 1 amide bonds. The van der Waals surface area contributed by atoms with Crippen molar-refractivity contribution in [1.29, 1.82) is 5.41 Å². The molecule has 3 aromatic rings. The largest absolute Gasteiger partial charge is 0.497 e. The summed E-state index contributed by atoms with van der Waals surface area (Å²) in [4.78, 5) is 28.1. The van der Waals surface area contributed by atoms with Crippen LogP contribution in [0.25, 0.3) is 0 Å². The number of nitrogens with two attached hydrogens (primary N) is 1. The number of amides is 1. The van der Waals surface area contributed by atoms with Crippen LogP contribution in [0.3, 0.4) is 0 Å². The first-order chi connectivity index (χ1) is 19.5. The van der Waals surface area contributed by atoms with E-state index in [-0.39, 0.29) is 18.2 Å². The number of carbonyl (C=O) groups is 2. The Kier molecular flexibility index (Phi) is 10.4. The van der Waals surface area contributed by atoms with Crippen LogP contribution in [0.1, 0.15) is 50.3 Å². The standard InChI is InChI=1S/C32H40N4O5/c1-31(2,3)41-30(38)36-27(12-9-21-35-29(33)34)28(37)32(22-10-7-6-8-11-22,23-13-17-25(39-4)18-14-23)24-15-19-26(40-5)20-16-24/h6-8,10-11,13-20,27H,9,12,21H2,1-5H3,(H,36,38)(H4,33,34,35)/t27-/m1/s1. The number of benzene rings is 3. The minimum absolute atomic E-state index is 0.164. The van der Waals surface area contributed by atoms with Crippen LogP contribution in [0, 0.1) is 5.41 Å². The molecule has 218 valence electrons. The second kappa shape index (κ2) is 13.7. The number of guanidine groups is 1. The van der Waals surface area contributed by atoms with Gasteiger partial charge in [0.2, 0.25) is 0 Å². The Balaban J connectivity index is 2.23. The number of nitrogens with one attached hydrogen (secondary N) is 3. The van der Waals surface area contributed by atoms with E-state index < -0.39 is 23.2 Å². The van der Waals surface area contributed by atoms with Crippen LogP contribution >= 0.6 is 0 Å². The average molecular weight is 561 g/mol. The van der Waals surface area contributed by atoms with Crippen LogP contribution < -0.4 is 25.8 Å². The van der Waals surface area contributed by atoms with Gasteiger partial charge in [0, 0.05) is 6.54 Å². The van der Waals surface area contributed by atoms with Gasteiger partial charge in [-0.2, -0.15) is 0 Å². The number of ketones is 1. The highest BCUT2D eigenvalue weighted by Gasteiger charge is 2.47. The number of hydrogen-bond donors (Lipinski definition) is 4. The third-order valence-corrected chi connectivity index (χ3v) is 6.61. The van der Waals surface area contributed by atoms with Gasteiger partial charge in [-0.25, -0.2) is 4.79 Å². The number of hydrogen-bond acceptors (Lipinski definition) is 6. The van der Waals surface area contributed by atoms with E-state index in [0.717, 1.165) is 5.56 Å². The van der Waals surface area contributed by atoms with E-state index in [1.54, 1.807) is 35.0 Å². The average Bonchev–Trinajstić information content (AvgIpc) is 2.95. The predicted octanol–water partition coefficient (Wildman–Crippen LogP) is 4.76. The molecule has 0 saturated carbocycles. The monoisotopic (exact) mass is 560 g/mol. The first-order valence-corrected chi connectivity index (χ1v) is 13.5. The first kappa shape index (κ1) is 31.0. The highest BCUT2D eigenvalue weighted by molar-refractivity contribution is 6.02. The summed E-state index contributed by atoms with van der Waals surface area (Å²) in [5, 5.41) is 13.1. The number of ether oxygens (including phenoxy) is 3. The van der Waals surface area contributed by atoms with Crippen LogP contribution in [-0.4, -0.2) is 50.2 Å². The Labute approximate surface area is 241 Å². The fourth-order valence-corrected chi connectivity index (χ4v) is 4.81. The second-order valence-electron chi connectivity index (χ2n) is 10.6. The third kappa shape index (κ3) is 7.78. The van der Waals surface area contributed by atoms with Crippen molar-refractivity contribution in [2.45, 2.75) is 50.7 Å². The fourth-order valence-electron chi connectivity index (χ4n) is 4.81. The van der Waals surface area contributed by atoms with E-state index in [1.807, 2.05) is 78.9 Å². The smallest absolute Gasteiger partial charge is 0.408 e. The van der Waals surface area contributed by atoms with E-state index in [0.29, 0.717) is 35.6 Å². The molecule has 5 N–H and O–H groups in total. The molecule has 0 aliphatic rings. The highest BCUT2D eigenvalue weighted by Crippen LogP contribution is 2.42. The zero-order valence-corrected chi connectivity index (χ0v) is 24.3. The van der Waals surface area contributed by atoms with Crippen LogP contribution in [0.15, 0.2) is 78.9 Å². The van der Waals surface area contributed by atoms with E-state index in [1.165, 1.54) is 0 Å². The van der Waals surface area contributed by atoms with Gasteiger partial charge in [0.15, 0.2) is 11.7 Å². The minimum Gasteiger partial charge on any atom is -0.497 e. The van der Waals surface area contributed by atoms with Crippen molar-refractivity contribution in [3.63, 3.8) is 0 Å². The SMILES string of the molecule is COc1ccc(C(C(=O)[C@@H](CCCNC(=N)N)NC(=O)OC(C)(C)C)(c2ccccc2)c2ccc(OC)cc2)cc1. The summed E-state index contributed by atoms with van der Waals surface area (Å²) in [6, 6.07) is 23.3. The molecular formula is C32H40N4O5. The zero-order chi connectivity index (χ0) is 30.0. The summed E-state index contributed by atoms with van der Waals surface area (Å²) < 4.78 is 16.4. The Morgan fingerprint density at radius 3 is 1.76 bits per heavy atom. The summed E-state index contributed by atoms with van der Waals surface area (Å²) in [6.07, 6.45) is 0.0445. The lowest BCUT2D eigenvalue weighted by atomic mass is 9.64. The van der Waals surface area contributed by atoms with Crippen molar-refractivity contribution >= 4 is 17.8 Å². The van der Waals surface area contributed by atoms with Crippen LogP contribution in [-0.2, 0) is 14.9 Å². The van der Waals surface area contributed by atoms with Crippen LogP contribution in [0.2, 0.25) is 0 Å². The Hall–Kier alpha value is -4.53. The molecule has 9 nitrogen and oxygen atoms in total. The Morgan fingerprint density at radius 1 is 0.829 bits per heavy atom. The van der Waals surface area contributed by atoms with Crippen molar-refractivity contribution in [3.05, 3.63) is 95.6 Å². The summed E-state index contributed by atoms with van der Waals surface area (Å²) in [5.41, 5.74) is 5.54. The van der Waals surface area contributed by atoms with Crippen molar-refractivity contribution in [2.24, 2.45) is 5.73 Å². The molecule has 3 aromatic carbocycles. The van der Waals surface area contributed by atoms with E-state index in [9.17, 15) is 4.79 Å². The molecule has 0 aliphatic heterocycles. The molecule has 0 aliphatic carbocycles. The van der Waals surface area contributed by atoms with Gasteiger partial charge in [-0.05, 0) is 74.6 Å². The maximum Gasteiger partial charge on any atom is 0.408 e. The van der Waals surface area contributed by atoms with Crippen molar-refractivity contribution in [1.82, 2.24) is 10.6 Å². The zero-order valence-electron chi connectivity index (χ0n) is 24.3. The maximum absolute atomic E-state index is 15.1. The lowest BCUT2D eigenvalue weighted by Crippen LogP contribution is -2.52. The molecule has 1 atom stereocenters. The molecule has 41 heavy (non-hydrogen) atoms. The summed E-state index contributed by atoms with van der Waals surface area (Å²) in [5.74, 6) is 0.893. The lowest BCUT2D eigenvalue weighted by molar-refractivity contribution is -0.124. The van der Waals surface area contributed by atoms with Gasteiger partial charge >= 0.3 is 6.09 Å². The van der Waals surface area contributed by atoms with Gasteiger partial charge in [-0.3, -0.25) is 10.2 Å². The molecular weight excluding hydrogens is 520 g/mol. The van der Waals surface area contributed by atoms with Gasteiger partial charge < -0.3 is 30.6 Å². The minimum atomic E-state index is -1.31. The quantitative estimate of drug-likeness (QED) is 0.108. The summed E-state index contributed by atoms with van der Waals surface area (Å²) in [7, 11) is 3.17. The normalized spacial score (nSPS) is 12.1. The van der Waals surface area contributed by atoms with Crippen molar-refractivity contribution < 1.29 is 23.8 Å². The fraction of sp³-hybridized carbons (Fsp3) is 0.344. The van der Waals surface area contributed by atoms with E-state index in [2.05, 4.69) is 10.6 Å². The van der Waals surface area contributed by atoms with Gasteiger partial charge in [-0.1, -0.05) is 54.6 Å². The van der Waals surface area contributed by atoms with Crippen molar-refractivity contribution in [2.75, 3.05) is 20.8 Å². The molecule has 0 fully saturated rings. The van der Waals surface area contributed by atoms with Crippen LogP contribution in [0.4, 0.5) is 4.79 Å². The maximum atomic E-state index is 15.1. The Bertz CT molecular complexity index is 1260. The van der Waals surface area contributed by atoms with Gasteiger partial charge in [0.1, 0.15) is 22.5 Å². The van der Waals surface area contributed by atoms with Crippen molar-refractivity contribution in [3.8, 4) is 11.5 Å². The molecule has 0 saturated heterocycles. The molecule has 3 rings (SSSR count). The molecule has 0 spiro atoms. The highest BCUT2D eigenvalue weighted by atomic mass is 16.6. The molecule has 0 bridgehead atoms. The summed E-state index contributed by atoms with van der Waals surface area (Å²) >= 11 is 0. The van der Waals surface area contributed by atoms with Gasteiger partial charge in [0.05, 0.1) is 20.3 Å². The number of carbonyl (C=O) groups excluding carboxylic acids is 2. The number of rotatable bonds is 12. The number of methoxy groups -OCH3 is 2.